The number of carbonyl (C=O) groups is 1. The molecule has 35 heavy (non-hydrogen) atoms. The first kappa shape index (κ1) is 23.3. The predicted molar refractivity (Wildman–Crippen MR) is 133 cm³/mol. The number of benzene rings is 3. The quantitative estimate of drug-likeness (QED) is 0.349. The Hall–Kier alpha value is -3.49. The molecule has 0 spiro atoms. The monoisotopic (exact) mass is 488 g/mol. The Balaban J connectivity index is 1.55. The van der Waals surface area contributed by atoms with Crippen LogP contribution in [0.3, 0.4) is 0 Å². The number of hydrogen-bond acceptors (Lipinski definition) is 5. The third kappa shape index (κ3) is 5.28. The average molecular weight is 489 g/mol. The Morgan fingerprint density at radius 2 is 1.57 bits per heavy atom. The van der Waals surface area contributed by atoms with Gasteiger partial charge in [0, 0.05) is 13.1 Å². The number of aromatic nitrogens is 3. The molecule has 8 heteroatoms. The van der Waals surface area contributed by atoms with Gasteiger partial charge in [0.05, 0.1) is 25.3 Å². The van der Waals surface area contributed by atoms with E-state index in [-0.39, 0.29) is 11.7 Å². The molecule has 4 aromatic rings. The standard InChI is InChI=1S/C27H25FN4O2S/c28-23-14-8-7-13-22(23)25-29-30-27(32(25)19-20-9-3-1-4-10-20)35-24(21-11-5-2-6-12-21)26(33)31-15-17-34-18-16-31/h1-14,24H,15-19H2/t24-/m0/s1. The third-order valence-electron chi connectivity index (χ3n) is 5.89. The molecule has 0 saturated carbocycles. The van der Waals surface area contributed by atoms with Gasteiger partial charge in [-0.3, -0.25) is 9.36 Å². The lowest BCUT2D eigenvalue weighted by molar-refractivity contribution is -0.134. The number of rotatable bonds is 7. The van der Waals surface area contributed by atoms with E-state index in [0.717, 1.165) is 11.1 Å². The van der Waals surface area contributed by atoms with Gasteiger partial charge in [-0.2, -0.15) is 0 Å². The summed E-state index contributed by atoms with van der Waals surface area (Å²) in [5.41, 5.74) is 2.29. The Bertz CT molecular complexity index is 1280. The number of carbonyl (C=O) groups excluding carboxylic acids is 1. The first-order valence-electron chi connectivity index (χ1n) is 11.5. The van der Waals surface area contributed by atoms with E-state index in [1.165, 1.54) is 17.8 Å². The molecule has 0 aliphatic carbocycles. The molecule has 0 unspecified atom stereocenters. The van der Waals surface area contributed by atoms with Gasteiger partial charge in [-0.1, -0.05) is 84.6 Å². The summed E-state index contributed by atoms with van der Waals surface area (Å²) in [5.74, 6) is 0.0704. The molecule has 1 aliphatic rings. The zero-order chi connectivity index (χ0) is 24.0. The summed E-state index contributed by atoms with van der Waals surface area (Å²) in [6.07, 6.45) is 0. The van der Waals surface area contributed by atoms with Gasteiger partial charge in [0.2, 0.25) is 5.91 Å². The molecule has 1 aliphatic heterocycles. The van der Waals surface area contributed by atoms with Crippen LogP contribution in [0.15, 0.2) is 90.1 Å². The fourth-order valence-electron chi connectivity index (χ4n) is 4.07. The highest BCUT2D eigenvalue weighted by molar-refractivity contribution is 8.00. The summed E-state index contributed by atoms with van der Waals surface area (Å²) in [4.78, 5) is 15.5. The van der Waals surface area contributed by atoms with E-state index >= 15 is 0 Å². The smallest absolute Gasteiger partial charge is 0.240 e. The molecule has 1 fully saturated rings. The maximum absolute atomic E-state index is 14.7. The van der Waals surface area contributed by atoms with E-state index in [4.69, 9.17) is 4.74 Å². The van der Waals surface area contributed by atoms with Crippen molar-refractivity contribution in [2.24, 2.45) is 0 Å². The van der Waals surface area contributed by atoms with E-state index in [2.05, 4.69) is 10.2 Å². The normalized spacial score (nSPS) is 14.6. The van der Waals surface area contributed by atoms with Crippen LogP contribution in [0.25, 0.3) is 11.4 Å². The Kier molecular flexibility index (Phi) is 7.20. The second-order valence-electron chi connectivity index (χ2n) is 8.20. The predicted octanol–water partition coefficient (Wildman–Crippen LogP) is 4.82. The number of morpholine rings is 1. The molecular weight excluding hydrogens is 463 g/mol. The molecule has 1 aromatic heterocycles. The van der Waals surface area contributed by atoms with Crippen LogP contribution in [0.4, 0.5) is 4.39 Å². The minimum Gasteiger partial charge on any atom is -0.378 e. The molecule has 5 rings (SSSR count). The van der Waals surface area contributed by atoms with Gasteiger partial charge in [-0.25, -0.2) is 4.39 Å². The minimum atomic E-state index is -0.513. The minimum absolute atomic E-state index is 0.00574. The van der Waals surface area contributed by atoms with Crippen molar-refractivity contribution in [2.75, 3.05) is 26.3 Å². The van der Waals surface area contributed by atoms with Crippen molar-refractivity contribution < 1.29 is 13.9 Å². The second-order valence-corrected chi connectivity index (χ2v) is 9.28. The largest absolute Gasteiger partial charge is 0.378 e. The van der Waals surface area contributed by atoms with Crippen LogP contribution in [0.5, 0.6) is 0 Å². The van der Waals surface area contributed by atoms with E-state index in [1.807, 2.05) is 70.1 Å². The number of amides is 1. The number of thioether (sulfide) groups is 1. The number of halogens is 1. The molecule has 0 N–H and O–H groups in total. The number of nitrogens with zero attached hydrogens (tertiary/aromatic N) is 4. The molecule has 1 saturated heterocycles. The van der Waals surface area contributed by atoms with E-state index < -0.39 is 5.25 Å². The van der Waals surface area contributed by atoms with Crippen molar-refractivity contribution in [3.8, 4) is 11.4 Å². The third-order valence-corrected chi connectivity index (χ3v) is 7.11. The van der Waals surface area contributed by atoms with Gasteiger partial charge in [0.1, 0.15) is 11.1 Å². The number of ether oxygens (including phenoxy) is 1. The highest BCUT2D eigenvalue weighted by atomic mass is 32.2. The van der Waals surface area contributed by atoms with Crippen LogP contribution in [0.2, 0.25) is 0 Å². The fourth-order valence-corrected chi connectivity index (χ4v) is 5.19. The summed E-state index contributed by atoms with van der Waals surface area (Å²) in [6, 6.07) is 26.1. The van der Waals surface area contributed by atoms with Crippen molar-refractivity contribution in [3.05, 3.63) is 102 Å². The average Bonchev–Trinajstić information content (AvgIpc) is 3.30. The summed E-state index contributed by atoms with van der Waals surface area (Å²) < 4.78 is 22.1. The Morgan fingerprint density at radius 1 is 0.914 bits per heavy atom. The van der Waals surface area contributed by atoms with Crippen LogP contribution in [0.1, 0.15) is 16.4 Å². The van der Waals surface area contributed by atoms with Crippen LogP contribution in [0, 0.1) is 5.82 Å². The van der Waals surface area contributed by atoms with Gasteiger partial charge in [0.15, 0.2) is 11.0 Å². The lowest BCUT2D eigenvalue weighted by atomic mass is 10.1. The Labute approximate surface area is 207 Å². The second kappa shape index (κ2) is 10.8. The molecule has 178 valence electrons. The summed E-state index contributed by atoms with van der Waals surface area (Å²) in [6.45, 7) is 2.62. The number of hydrogen-bond donors (Lipinski definition) is 0. The van der Waals surface area contributed by atoms with Gasteiger partial charge in [-0.05, 0) is 23.3 Å². The van der Waals surface area contributed by atoms with Gasteiger partial charge in [0.25, 0.3) is 0 Å². The highest BCUT2D eigenvalue weighted by Crippen LogP contribution is 2.38. The molecule has 6 nitrogen and oxygen atoms in total. The molecule has 0 bridgehead atoms. The topological polar surface area (TPSA) is 60.2 Å². The molecular formula is C27H25FN4O2S. The summed E-state index contributed by atoms with van der Waals surface area (Å²) in [7, 11) is 0. The van der Waals surface area contributed by atoms with Gasteiger partial charge >= 0.3 is 0 Å². The van der Waals surface area contributed by atoms with Crippen LogP contribution >= 0.6 is 11.8 Å². The van der Waals surface area contributed by atoms with Crippen LogP contribution in [-0.2, 0) is 16.1 Å². The summed E-state index contributed by atoms with van der Waals surface area (Å²) in [5, 5.41) is 8.85. The lowest BCUT2D eigenvalue weighted by Gasteiger charge is -2.30. The van der Waals surface area contributed by atoms with Crippen LogP contribution < -0.4 is 0 Å². The maximum Gasteiger partial charge on any atom is 0.240 e. The zero-order valence-electron chi connectivity index (χ0n) is 19.1. The first-order chi connectivity index (χ1) is 17.2. The van der Waals surface area contributed by atoms with Crippen molar-refractivity contribution in [1.29, 1.82) is 0 Å². The van der Waals surface area contributed by atoms with Crippen molar-refractivity contribution in [2.45, 2.75) is 17.0 Å². The van der Waals surface area contributed by atoms with Crippen molar-refractivity contribution in [3.63, 3.8) is 0 Å². The first-order valence-corrected chi connectivity index (χ1v) is 12.4. The van der Waals surface area contributed by atoms with Crippen molar-refractivity contribution in [1.82, 2.24) is 19.7 Å². The summed E-state index contributed by atoms with van der Waals surface area (Å²) >= 11 is 1.35. The molecule has 1 amide bonds. The van der Waals surface area contributed by atoms with Gasteiger partial charge < -0.3 is 9.64 Å². The fraction of sp³-hybridized carbons (Fsp3) is 0.222. The Morgan fingerprint density at radius 3 is 2.29 bits per heavy atom. The van der Waals surface area contributed by atoms with Crippen LogP contribution in [-0.4, -0.2) is 51.9 Å². The van der Waals surface area contributed by atoms with Crippen molar-refractivity contribution >= 4 is 17.7 Å². The molecule has 2 heterocycles. The zero-order valence-corrected chi connectivity index (χ0v) is 19.9. The lowest BCUT2D eigenvalue weighted by Crippen LogP contribution is -2.42. The maximum atomic E-state index is 14.7. The molecule has 0 radical (unpaired) electrons. The van der Waals surface area contributed by atoms with E-state index in [9.17, 15) is 9.18 Å². The van der Waals surface area contributed by atoms with Gasteiger partial charge in [-0.15, -0.1) is 10.2 Å². The van der Waals surface area contributed by atoms with E-state index in [1.54, 1.807) is 18.2 Å². The van der Waals surface area contributed by atoms with E-state index in [0.29, 0.717) is 49.4 Å². The SMILES string of the molecule is O=C([C@@H](Sc1nnc(-c2ccccc2F)n1Cc1ccccc1)c1ccccc1)N1CCOCC1. The molecule has 3 aromatic carbocycles. The molecule has 1 atom stereocenters. The highest BCUT2D eigenvalue weighted by Gasteiger charge is 2.30.